The maximum atomic E-state index is 12.3. The molecular weight excluding hydrogens is 302 g/mol. The number of benzene rings is 1. The fourth-order valence-corrected chi connectivity index (χ4v) is 2.32. The molecule has 0 saturated heterocycles. The Bertz CT molecular complexity index is 651. The first-order valence-electron chi connectivity index (χ1n) is 7.11. The van der Waals surface area contributed by atoms with E-state index >= 15 is 0 Å². The lowest BCUT2D eigenvalue weighted by Crippen LogP contribution is -2.30. The van der Waals surface area contributed by atoms with E-state index in [-0.39, 0.29) is 5.91 Å². The first-order chi connectivity index (χ1) is 10.5. The Kier molecular flexibility index (Phi) is 5.50. The van der Waals surface area contributed by atoms with E-state index < -0.39 is 0 Å². The molecule has 0 saturated carbocycles. The zero-order valence-corrected chi connectivity index (χ0v) is 13.8. The molecule has 0 aliphatic carbocycles. The van der Waals surface area contributed by atoms with Crippen LogP contribution in [0, 0.1) is 13.8 Å². The number of carbonyl (C=O) groups excluding carboxylic acids is 1. The van der Waals surface area contributed by atoms with Crippen molar-refractivity contribution in [3.05, 3.63) is 53.0 Å². The second-order valence-electron chi connectivity index (χ2n) is 5.22. The third-order valence-corrected chi connectivity index (χ3v) is 3.69. The van der Waals surface area contributed by atoms with Crippen LogP contribution in [0.15, 0.2) is 34.7 Å². The van der Waals surface area contributed by atoms with Gasteiger partial charge < -0.3 is 14.1 Å². The van der Waals surface area contributed by atoms with Crippen molar-refractivity contribution in [1.82, 2.24) is 4.90 Å². The van der Waals surface area contributed by atoms with Crippen LogP contribution in [0.3, 0.4) is 0 Å². The Morgan fingerprint density at radius 1 is 1.32 bits per heavy atom. The Morgan fingerprint density at radius 2 is 2.09 bits per heavy atom. The van der Waals surface area contributed by atoms with Gasteiger partial charge in [0.15, 0.2) is 5.76 Å². The third-order valence-electron chi connectivity index (χ3n) is 3.41. The number of carbonyl (C=O) groups is 1. The standard InChI is InChI=1S/C17H20ClNO3/c1-12-5-4-6-15(9-12)21-8-7-19(3)17(20)16-10-14(11-18)13(2)22-16/h4-6,9-10H,7-8,11H2,1-3H3. The Balaban J connectivity index is 1.88. The number of rotatable bonds is 6. The Hall–Kier alpha value is -1.94. The molecule has 0 bridgehead atoms. The van der Waals surface area contributed by atoms with Crippen LogP contribution in [-0.4, -0.2) is 31.0 Å². The van der Waals surface area contributed by atoms with E-state index in [4.69, 9.17) is 20.8 Å². The van der Waals surface area contributed by atoms with Crippen molar-refractivity contribution in [3.8, 4) is 5.75 Å². The molecule has 22 heavy (non-hydrogen) atoms. The predicted molar refractivity (Wildman–Crippen MR) is 86.6 cm³/mol. The van der Waals surface area contributed by atoms with Crippen LogP contribution in [0.25, 0.3) is 0 Å². The van der Waals surface area contributed by atoms with Crippen molar-refractivity contribution < 1.29 is 13.9 Å². The van der Waals surface area contributed by atoms with E-state index in [1.54, 1.807) is 24.9 Å². The molecule has 0 N–H and O–H groups in total. The second-order valence-corrected chi connectivity index (χ2v) is 5.48. The molecule has 2 aromatic rings. The molecule has 0 atom stereocenters. The van der Waals surface area contributed by atoms with E-state index in [9.17, 15) is 4.79 Å². The zero-order valence-electron chi connectivity index (χ0n) is 13.1. The normalized spacial score (nSPS) is 10.5. The van der Waals surface area contributed by atoms with E-state index in [1.165, 1.54) is 0 Å². The maximum Gasteiger partial charge on any atom is 0.289 e. The summed E-state index contributed by atoms with van der Waals surface area (Å²) in [7, 11) is 1.72. The first-order valence-corrected chi connectivity index (χ1v) is 7.65. The molecule has 4 nitrogen and oxygen atoms in total. The van der Waals surface area contributed by atoms with Gasteiger partial charge in [0.1, 0.15) is 18.1 Å². The number of hydrogen-bond acceptors (Lipinski definition) is 3. The highest BCUT2D eigenvalue weighted by atomic mass is 35.5. The molecule has 1 aromatic heterocycles. The molecule has 1 heterocycles. The van der Waals surface area contributed by atoms with E-state index in [1.807, 2.05) is 31.2 Å². The van der Waals surface area contributed by atoms with Gasteiger partial charge in [-0.25, -0.2) is 0 Å². The van der Waals surface area contributed by atoms with Gasteiger partial charge in [0, 0.05) is 12.6 Å². The van der Waals surface area contributed by atoms with Crippen molar-refractivity contribution >= 4 is 17.5 Å². The van der Waals surface area contributed by atoms with Gasteiger partial charge in [-0.2, -0.15) is 0 Å². The predicted octanol–water partition coefficient (Wildman–Crippen LogP) is 3.79. The lowest BCUT2D eigenvalue weighted by molar-refractivity contribution is 0.0741. The van der Waals surface area contributed by atoms with E-state index in [0.717, 1.165) is 16.9 Å². The number of furan rings is 1. The molecular formula is C17H20ClNO3. The minimum atomic E-state index is -0.174. The summed E-state index contributed by atoms with van der Waals surface area (Å²) in [6, 6.07) is 9.51. The van der Waals surface area contributed by atoms with Crippen LogP contribution < -0.4 is 4.74 Å². The number of halogens is 1. The maximum absolute atomic E-state index is 12.3. The Labute approximate surface area is 135 Å². The van der Waals surface area contributed by atoms with Crippen LogP contribution >= 0.6 is 11.6 Å². The summed E-state index contributed by atoms with van der Waals surface area (Å²) in [6.07, 6.45) is 0. The minimum Gasteiger partial charge on any atom is -0.492 e. The number of ether oxygens (including phenoxy) is 1. The molecule has 1 aromatic carbocycles. The highest BCUT2D eigenvalue weighted by molar-refractivity contribution is 6.17. The SMILES string of the molecule is Cc1cccc(OCCN(C)C(=O)c2cc(CCl)c(C)o2)c1. The molecule has 0 spiro atoms. The molecule has 118 valence electrons. The first kappa shape index (κ1) is 16.4. The van der Waals surface area contributed by atoms with Crippen molar-refractivity contribution in [1.29, 1.82) is 0 Å². The van der Waals surface area contributed by atoms with E-state index in [2.05, 4.69) is 0 Å². The summed E-state index contributed by atoms with van der Waals surface area (Å²) < 4.78 is 11.1. The third kappa shape index (κ3) is 4.04. The summed E-state index contributed by atoms with van der Waals surface area (Å²) in [6.45, 7) is 4.71. The molecule has 1 amide bonds. The molecule has 5 heteroatoms. The van der Waals surface area contributed by atoms with Crippen LogP contribution in [0.2, 0.25) is 0 Å². The topological polar surface area (TPSA) is 42.7 Å². The van der Waals surface area contributed by atoms with Crippen molar-refractivity contribution in [2.75, 3.05) is 20.2 Å². The zero-order chi connectivity index (χ0) is 16.1. The number of hydrogen-bond donors (Lipinski definition) is 0. The smallest absolute Gasteiger partial charge is 0.289 e. The highest BCUT2D eigenvalue weighted by Crippen LogP contribution is 2.18. The fourth-order valence-electron chi connectivity index (χ4n) is 2.05. The molecule has 0 radical (unpaired) electrons. The van der Waals surface area contributed by atoms with E-state index in [0.29, 0.717) is 30.6 Å². The van der Waals surface area contributed by atoms with Crippen LogP contribution in [0.4, 0.5) is 0 Å². The van der Waals surface area contributed by atoms with Crippen LogP contribution in [-0.2, 0) is 5.88 Å². The number of amides is 1. The van der Waals surface area contributed by atoms with Crippen molar-refractivity contribution in [2.45, 2.75) is 19.7 Å². The Morgan fingerprint density at radius 3 is 2.73 bits per heavy atom. The molecule has 0 aliphatic heterocycles. The summed E-state index contributed by atoms with van der Waals surface area (Å²) in [5, 5.41) is 0. The summed E-state index contributed by atoms with van der Waals surface area (Å²) in [4.78, 5) is 13.8. The lowest BCUT2D eigenvalue weighted by Gasteiger charge is -2.16. The largest absolute Gasteiger partial charge is 0.492 e. The molecule has 2 rings (SSSR count). The van der Waals surface area contributed by atoms with Gasteiger partial charge in [0.2, 0.25) is 0 Å². The average Bonchev–Trinajstić information content (AvgIpc) is 2.87. The van der Waals surface area contributed by atoms with Gasteiger partial charge in [-0.15, -0.1) is 11.6 Å². The van der Waals surface area contributed by atoms with Gasteiger partial charge in [-0.3, -0.25) is 4.79 Å². The summed E-state index contributed by atoms with van der Waals surface area (Å²) in [5.41, 5.74) is 1.98. The molecule has 0 fully saturated rings. The average molecular weight is 322 g/mol. The number of alkyl halides is 1. The van der Waals surface area contributed by atoms with Gasteiger partial charge in [0.05, 0.1) is 12.4 Å². The van der Waals surface area contributed by atoms with Crippen LogP contribution in [0.5, 0.6) is 5.75 Å². The van der Waals surface area contributed by atoms with Gasteiger partial charge in [-0.05, 0) is 37.6 Å². The molecule has 0 aliphatic rings. The van der Waals surface area contributed by atoms with Gasteiger partial charge in [0.25, 0.3) is 5.91 Å². The quantitative estimate of drug-likeness (QED) is 0.760. The fraction of sp³-hybridized carbons (Fsp3) is 0.353. The number of nitrogens with zero attached hydrogens (tertiary/aromatic N) is 1. The second kappa shape index (κ2) is 7.36. The summed E-state index contributed by atoms with van der Waals surface area (Å²) in [5.74, 6) is 1.96. The van der Waals surface area contributed by atoms with Crippen molar-refractivity contribution in [3.63, 3.8) is 0 Å². The number of aryl methyl sites for hydroxylation is 2. The lowest BCUT2D eigenvalue weighted by atomic mass is 10.2. The van der Waals surface area contributed by atoms with Gasteiger partial charge in [-0.1, -0.05) is 12.1 Å². The van der Waals surface area contributed by atoms with Gasteiger partial charge >= 0.3 is 0 Å². The van der Waals surface area contributed by atoms with Crippen molar-refractivity contribution in [2.24, 2.45) is 0 Å². The number of likely N-dealkylation sites (N-methyl/N-ethyl adjacent to an activating group) is 1. The van der Waals surface area contributed by atoms with Crippen LogP contribution in [0.1, 0.15) is 27.4 Å². The highest BCUT2D eigenvalue weighted by Gasteiger charge is 2.17. The molecule has 0 unspecified atom stereocenters. The minimum absolute atomic E-state index is 0.174. The summed E-state index contributed by atoms with van der Waals surface area (Å²) >= 11 is 5.79. The monoisotopic (exact) mass is 321 g/mol.